The molecule has 1 saturated heterocycles. The van der Waals surface area contributed by atoms with Crippen molar-refractivity contribution in [3.63, 3.8) is 0 Å². The lowest BCUT2D eigenvalue weighted by molar-refractivity contribution is 0.443. The second-order valence-electron chi connectivity index (χ2n) is 4.54. The summed E-state index contributed by atoms with van der Waals surface area (Å²) >= 11 is 6.18. The SMILES string of the molecule is CNCC1CN(c2cccc(Cl)c2C)CCN1. The van der Waals surface area contributed by atoms with Gasteiger partial charge in [-0.25, -0.2) is 0 Å². The van der Waals surface area contributed by atoms with Crippen molar-refractivity contribution in [2.75, 3.05) is 38.1 Å². The van der Waals surface area contributed by atoms with E-state index in [0.29, 0.717) is 6.04 Å². The number of benzene rings is 1. The first-order valence-electron chi connectivity index (χ1n) is 6.10. The summed E-state index contributed by atoms with van der Waals surface area (Å²) in [5.41, 5.74) is 2.44. The maximum Gasteiger partial charge on any atom is 0.0455 e. The summed E-state index contributed by atoms with van der Waals surface area (Å²) in [5, 5.41) is 7.59. The Kier molecular flexibility index (Phi) is 4.26. The second-order valence-corrected chi connectivity index (χ2v) is 4.95. The molecule has 1 aliphatic heterocycles. The lowest BCUT2D eigenvalue weighted by Crippen LogP contribution is -2.54. The zero-order valence-electron chi connectivity index (χ0n) is 10.5. The van der Waals surface area contributed by atoms with Crippen LogP contribution in [0.4, 0.5) is 5.69 Å². The predicted molar refractivity (Wildman–Crippen MR) is 74.1 cm³/mol. The Balaban J connectivity index is 2.13. The van der Waals surface area contributed by atoms with Gasteiger partial charge in [0.05, 0.1) is 0 Å². The summed E-state index contributed by atoms with van der Waals surface area (Å²) in [5.74, 6) is 0. The van der Waals surface area contributed by atoms with Crippen LogP contribution in [-0.2, 0) is 0 Å². The number of rotatable bonds is 3. The van der Waals surface area contributed by atoms with Crippen LogP contribution < -0.4 is 15.5 Å². The molecular formula is C13H20ClN3. The number of likely N-dealkylation sites (N-methyl/N-ethyl adjacent to an activating group) is 1. The van der Waals surface area contributed by atoms with Crippen LogP contribution >= 0.6 is 11.6 Å². The molecule has 1 unspecified atom stereocenters. The summed E-state index contributed by atoms with van der Waals surface area (Å²) in [4.78, 5) is 2.42. The first-order chi connectivity index (χ1) is 8.22. The molecule has 1 aliphatic rings. The standard InChI is InChI=1S/C13H20ClN3/c1-10-12(14)4-3-5-13(10)17-7-6-16-11(9-17)8-15-2/h3-5,11,15-16H,6-9H2,1-2H3. The zero-order valence-corrected chi connectivity index (χ0v) is 11.2. The van der Waals surface area contributed by atoms with Crippen molar-refractivity contribution in [2.45, 2.75) is 13.0 Å². The van der Waals surface area contributed by atoms with Crippen molar-refractivity contribution in [3.8, 4) is 0 Å². The van der Waals surface area contributed by atoms with E-state index >= 15 is 0 Å². The minimum Gasteiger partial charge on any atom is -0.368 e. The van der Waals surface area contributed by atoms with E-state index in [2.05, 4.69) is 28.5 Å². The van der Waals surface area contributed by atoms with Gasteiger partial charge in [-0.2, -0.15) is 0 Å². The number of anilines is 1. The Morgan fingerprint density at radius 3 is 3.12 bits per heavy atom. The molecule has 1 aromatic carbocycles. The lowest BCUT2D eigenvalue weighted by Gasteiger charge is -2.36. The second kappa shape index (κ2) is 5.71. The lowest BCUT2D eigenvalue weighted by atomic mass is 10.1. The highest BCUT2D eigenvalue weighted by Gasteiger charge is 2.20. The fourth-order valence-electron chi connectivity index (χ4n) is 2.37. The van der Waals surface area contributed by atoms with Gasteiger partial charge in [-0.05, 0) is 31.7 Å². The topological polar surface area (TPSA) is 27.3 Å². The van der Waals surface area contributed by atoms with Crippen LogP contribution in [0.1, 0.15) is 5.56 Å². The van der Waals surface area contributed by atoms with Gasteiger partial charge >= 0.3 is 0 Å². The van der Waals surface area contributed by atoms with Crippen molar-refractivity contribution in [3.05, 3.63) is 28.8 Å². The highest BCUT2D eigenvalue weighted by molar-refractivity contribution is 6.31. The fraction of sp³-hybridized carbons (Fsp3) is 0.538. The minimum absolute atomic E-state index is 0.507. The van der Waals surface area contributed by atoms with Gasteiger partial charge < -0.3 is 15.5 Å². The van der Waals surface area contributed by atoms with Gasteiger partial charge in [0, 0.05) is 42.9 Å². The first kappa shape index (κ1) is 12.7. The zero-order chi connectivity index (χ0) is 12.3. The van der Waals surface area contributed by atoms with E-state index in [-0.39, 0.29) is 0 Å². The predicted octanol–water partition coefficient (Wildman–Crippen LogP) is 1.65. The quantitative estimate of drug-likeness (QED) is 0.858. The maximum absolute atomic E-state index is 6.18. The molecule has 0 amide bonds. The molecule has 2 N–H and O–H groups in total. The van der Waals surface area contributed by atoms with Gasteiger partial charge in [0.25, 0.3) is 0 Å². The molecular weight excluding hydrogens is 234 g/mol. The summed E-state index contributed by atoms with van der Waals surface area (Å²) in [6.07, 6.45) is 0. The summed E-state index contributed by atoms with van der Waals surface area (Å²) in [6, 6.07) is 6.64. The Bertz CT molecular complexity index is 379. The number of nitrogens with one attached hydrogen (secondary N) is 2. The van der Waals surface area contributed by atoms with E-state index in [0.717, 1.165) is 31.2 Å². The van der Waals surface area contributed by atoms with Crippen LogP contribution in [0.25, 0.3) is 0 Å². The smallest absolute Gasteiger partial charge is 0.0455 e. The third kappa shape index (κ3) is 2.92. The number of piperazine rings is 1. The van der Waals surface area contributed by atoms with Crippen LogP contribution in [0.5, 0.6) is 0 Å². The van der Waals surface area contributed by atoms with E-state index in [1.54, 1.807) is 0 Å². The Hall–Kier alpha value is -0.770. The van der Waals surface area contributed by atoms with Gasteiger partial charge in [0.2, 0.25) is 0 Å². The molecule has 0 saturated carbocycles. The summed E-state index contributed by atoms with van der Waals surface area (Å²) in [6.45, 7) is 6.19. The summed E-state index contributed by atoms with van der Waals surface area (Å²) in [7, 11) is 1.99. The van der Waals surface area contributed by atoms with Crippen molar-refractivity contribution in [1.82, 2.24) is 10.6 Å². The van der Waals surface area contributed by atoms with Gasteiger partial charge in [-0.1, -0.05) is 17.7 Å². The summed E-state index contributed by atoms with van der Waals surface area (Å²) < 4.78 is 0. The highest BCUT2D eigenvalue weighted by Crippen LogP contribution is 2.27. The van der Waals surface area contributed by atoms with Gasteiger partial charge in [-0.3, -0.25) is 0 Å². The number of hydrogen-bond donors (Lipinski definition) is 2. The fourth-order valence-corrected chi connectivity index (χ4v) is 2.54. The molecule has 1 atom stereocenters. The van der Waals surface area contributed by atoms with Crippen molar-refractivity contribution in [1.29, 1.82) is 0 Å². The molecule has 1 aromatic rings. The van der Waals surface area contributed by atoms with Crippen molar-refractivity contribution >= 4 is 17.3 Å². The molecule has 4 heteroatoms. The van der Waals surface area contributed by atoms with Gasteiger partial charge in [-0.15, -0.1) is 0 Å². The Morgan fingerprint density at radius 2 is 2.35 bits per heavy atom. The molecule has 0 aromatic heterocycles. The largest absolute Gasteiger partial charge is 0.368 e. The number of halogens is 1. The monoisotopic (exact) mass is 253 g/mol. The molecule has 0 aliphatic carbocycles. The highest BCUT2D eigenvalue weighted by atomic mass is 35.5. The van der Waals surface area contributed by atoms with Crippen LogP contribution in [0.3, 0.4) is 0 Å². The molecule has 0 bridgehead atoms. The normalized spacial score (nSPS) is 20.6. The Labute approximate surface area is 108 Å². The Morgan fingerprint density at radius 1 is 1.53 bits per heavy atom. The molecule has 0 spiro atoms. The number of hydrogen-bond acceptors (Lipinski definition) is 3. The molecule has 1 heterocycles. The average Bonchev–Trinajstić information content (AvgIpc) is 2.33. The van der Waals surface area contributed by atoms with Gasteiger partial charge in [0.15, 0.2) is 0 Å². The maximum atomic E-state index is 6.18. The molecule has 1 fully saturated rings. The first-order valence-corrected chi connectivity index (χ1v) is 6.48. The molecule has 17 heavy (non-hydrogen) atoms. The van der Waals surface area contributed by atoms with Gasteiger partial charge in [0.1, 0.15) is 0 Å². The third-order valence-electron chi connectivity index (χ3n) is 3.29. The van der Waals surface area contributed by atoms with Crippen LogP contribution in [0.15, 0.2) is 18.2 Å². The van der Waals surface area contributed by atoms with E-state index in [4.69, 9.17) is 11.6 Å². The van der Waals surface area contributed by atoms with Crippen LogP contribution in [-0.4, -0.2) is 39.3 Å². The van der Waals surface area contributed by atoms with Crippen molar-refractivity contribution in [2.24, 2.45) is 0 Å². The average molecular weight is 254 g/mol. The van der Waals surface area contributed by atoms with Crippen LogP contribution in [0, 0.1) is 6.92 Å². The molecule has 3 nitrogen and oxygen atoms in total. The van der Waals surface area contributed by atoms with E-state index in [1.807, 2.05) is 19.2 Å². The molecule has 2 rings (SSSR count). The molecule has 94 valence electrons. The van der Waals surface area contributed by atoms with E-state index in [1.165, 1.54) is 11.3 Å². The van der Waals surface area contributed by atoms with Crippen molar-refractivity contribution < 1.29 is 0 Å². The van der Waals surface area contributed by atoms with Crippen LogP contribution in [0.2, 0.25) is 5.02 Å². The van der Waals surface area contributed by atoms with E-state index < -0.39 is 0 Å². The van der Waals surface area contributed by atoms with E-state index in [9.17, 15) is 0 Å². The number of nitrogens with zero attached hydrogens (tertiary/aromatic N) is 1. The minimum atomic E-state index is 0.507. The molecule has 0 radical (unpaired) electrons. The third-order valence-corrected chi connectivity index (χ3v) is 3.70.